The smallest absolute Gasteiger partial charge is 0.271 e. The zero-order valence-electron chi connectivity index (χ0n) is 11.9. The topological polar surface area (TPSA) is 81.0 Å². The van der Waals surface area contributed by atoms with E-state index in [1.807, 2.05) is 0 Å². The van der Waals surface area contributed by atoms with E-state index in [-0.39, 0.29) is 18.1 Å². The predicted molar refractivity (Wildman–Crippen MR) is 89.8 cm³/mol. The Kier molecular flexibility index (Phi) is 5.93. The second kappa shape index (κ2) is 7.71. The average molecular weight is 341 g/mol. The molecular weight excluding hydrogens is 324 g/mol. The van der Waals surface area contributed by atoms with Gasteiger partial charge < -0.3 is 5.32 Å². The van der Waals surface area contributed by atoms with Crippen LogP contribution in [0.25, 0.3) is 11.0 Å². The number of halogens is 1. The van der Waals surface area contributed by atoms with Crippen molar-refractivity contribution in [3.63, 3.8) is 0 Å². The highest BCUT2D eigenvalue weighted by Gasteiger charge is 2.14. The minimum absolute atomic E-state index is 0. The average Bonchev–Trinajstić information content (AvgIpc) is 2.53. The molecule has 1 unspecified atom stereocenters. The molecule has 1 aromatic carbocycles. The molecule has 2 heterocycles. The number of nitro groups is 1. The van der Waals surface area contributed by atoms with E-state index in [2.05, 4.69) is 15.3 Å². The molecular formula is C14H17ClN4O2S. The second-order valence-electron chi connectivity index (χ2n) is 5.16. The van der Waals surface area contributed by atoms with E-state index < -0.39 is 4.92 Å². The van der Waals surface area contributed by atoms with Gasteiger partial charge in [-0.15, -0.1) is 24.2 Å². The highest BCUT2D eigenvalue weighted by atomic mass is 35.5. The van der Waals surface area contributed by atoms with Crippen LogP contribution in [0.5, 0.6) is 0 Å². The van der Waals surface area contributed by atoms with Crippen LogP contribution in [0, 0.1) is 16.0 Å². The number of hydrogen-bond donors (Lipinski definition) is 1. The number of nitrogens with one attached hydrogen (secondary N) is 1. The van der Waals surface area contributed by atoms with Gasteiger partial charge in [-0.05, 0) is 37.9 Å². The quantitative estimate of drug-likeness (QED) is 0.523. The van der Waals surface area contributed by atoms with Crippen LogP contribution in [0.1, 0.15) is 12.8 Å². The summed E-state index contributed by atoms with van der Waals surface area (Å²) in [5.74, 6) is 1.71. The number of piperidine rings is 1. The Balaban J connectivity index is 0.00000176. The SMILES string of the molecule is Cl.O=[N+]([O-])c1ccc2nc(SCC3CCCNC3)cnc2c1. The van der Waals surface area contributed by atoms with Crippen LogP contribution >= 0.6 is 24.2 Å². The second-order valence-corrected chi connectivity index (χ2v) is 6.20. The van der Waals surface area contributed by atoms with E-state index in [4.69, 9.17) is 0 Å². The molecule has 1 fully saturated rings. The van der Waals surface area contributed by atoms with Gasteiger partial charge >= 0.3 is 0 Å². The fourth-order valence-electron chi connectivity index (χ4n) is 2.43. The molecule has 1 N–H and O–H groups in total. The zero-order chi connectivity index (χ0) is 14.7. The number of nitrogens with zero attached hydrogens (tertiary/aromatic N) is 3. The molecule has 0 aliphatic carbocycles. The third-order valence-electron chi connectivity index (χ3n) is 3.58. The van der Waals surface area contributed by atoms with E-state index in [9.17, 15) is 10.1 Å². The van der Waals surface area contributed by atoms with Crippen molar-refractivity contribution in [3.05, 3.63) is 34.5 Å². The van der Waals surface area contributed by atoms with Crippen molar-refractivity contribution in [3.8, 4) is 0 Å². The minimum atomic E-state index is -0.417. The monoisotopic (exact) mass is 340 g/mol. The zero-order valence-corrected chi connectivity index (χ0v) is 13.5. The van der Waals surface area contributed by atoms with Crippen molar-refractivity contribution < 1.29 is 4.92 Å². The fourth-order valence-corrected chi connectivity index (χ4v) is 3.42. The van der Waals surface area contributed by atoms with E-state index >= 15 is 0 Å². The molecule has 0 spiro atoms. The lowest BCUT2D eigenvalue weighted by Crippen LogP contribution is -2.30. The van der Waals surface area contributed by atoms with Crippen LogP contribution in [-0.4, -0.2) is 33.7 Å². The standard InChI is InChI=1S/C14H16N4O2S.ClH/c19-18(20)11-3-4-12-13(6-11)16-8-14(17-12)21-9-10-2-1-5-15-7-10;/h3-4,6,8,10,15H,1-2,5,7,9H2;1H. The first-order valence-corrected chi connectivity index (χ1v) is 7.95. The highest BCUT2D eigenvalue weighted by Crippen LogP contribution is 2.24. The molecule has 1 aliphatic rings. The van der Waals surface area contributed by atoms with E-state index in [0.29, 0.717) is 17.0 Å². The summed E-state index contributed by atoms with van der Waals surface area (Å²) in [6.45, 7) is 2.19. The van der Waals surface area contributed by atoms with E-state index in [1.54, 1.807) is 24.0 Å². The summed E-state index contributed by atoms with van der Waals surface area (Å²) < 4.78 is 0. The van der Waals surface area contributed by atoms with Gasteiger partial charge in [-0.2, -0.15) is 0 Å². The van der Waals surface area contributed by atoms with Crippen LogP contribution < -0.4 is 5.32 Å². The number of nitro benzene ring substituents is 1. The Morgan fingerprint density at radius 1 is 1.41 bits per heavy atom. The fraction of sp³-hybridized carbons (Fsp3) is 0.429. The maximum absolute atomic E-state index is 10.7. The minimum Gasteiger partial charge on any atom is -0.316 e. The molecule has 0 radical (unpaired) electrons. The lowest BCUT2D eigenvalue weighted by atomic mass is 10.0. The summed E-state index contributed by atoms with van der Waals surface area (Å²) in [4.78, 5) is 19.1. The molecule has 0 saturated carbocycles. The Bertz CT molecular complexity index is 664. The first kappa shape index (κ1) is 16.9. The van der Waals surface area contributed by atoms with Crippen LogP contribution in [0.4, 0.5) is 5.69 Å². The molecule has 1 aliphatic heterocycles. The van der Waals surface area contributed by atoms with Gasteiger partial charge in [-0.1, -0.05) is 0 Å². The molecule has 22 heavy (non-hydrogen) atoms. The Labute approximate surface area is 138 Å². The molecule has 1 saturated heterocycles. The van der Waals surface area contributed by atoms with Crippen LogP contribution in [0.3, 0.4) is 0 Å². The van der Waals surface area contributed by atoms with Crippen molar-refractivity contribution in [1.82, 2.24) is 15.3 Å². The van der Waals surface area contributed by atoms with E-state index in [0.717, 1.165) is 23.9 Å². The summed E-state index contributed by atoms with van der Waals surface area (Å²) >= 11 is 1.70. The lowest BCUT2D eigenvalue weighted by molar-refractivity contribution is -0.384. The van der Waals surface area contributed by atoms with Crippen LogP contribution in [0.15, 0.2) is 29.4 Å². The van der Waals surface area contributed by atoms with Gasteiger partial charge in [0.25, 0.3) is 5.69 Å². The van der Waals surface area contributed by atoms with Gasteiger partial charge in [-0.3, -0.25) is 15.1 Å². The van der Waals surface area contributed by atoms with Crippen molar-refractivity contribution in [2.45, 2.75) is 17.9 Å². The molecule has 1 aromatic heterocycles. The lowest BCUT2D eigenvalue weighted by Gasteiger charge is -2.21. The Morgan fingerprint density at radius 3 is 3.00 bits per heavy atom. The largest absolute Gasteiger partial charge is 0.316 e. The van der Waals surface area contributed by atoms with Gasteiger partial charge in [0.1, 0.15) is 5.03 Å². The molecule has 0 bridgehead atoms. The number of thioether (sulfide) groups is 1. The molecule has 3 rings (SSSR count). The molecule has 2 aromatic rings. The van der Waals surface area contributed by atoms with Gasteiger partial charge in [0, 0.05) is 17.9 Å². The highest BCUT2D eigenvalue weighted by molar-refractivity contribution is 7.99. The number of hydrogen-bond acceptors (Lipinski definition) is 6. The third-order valence-corrected chi connectivity index (χ3v) is 4.71. The van der Waals surface area contributed by atoms with Crippen molar-refractivity contribution in [2.75, 3.05) is 18.8 Å². The number of aromatic nitrogens is 2. The number of non-ortho nitro benzene ring substituents is 1. The maximum Gasteiger partial charge on any atom is 0.271 e. The summed E-state index contributed by atoms with van der Waals surface area (Å²) in [5, 5.41) is 15.0. The van der Waals surface area contributed by atoms with Crippen LogP contribution in [0.2, 0.25) is 0 Å². The Morgan fingerprint density at radius 2 is 2.27 bits per heavy atom. The maximum atomic E-state index is 10.7. The molecule has 6 nitrogen and oxygen atoms in total. The normalized spacial score (nSPS) is 17.9. The first-order chi connectivity index (χ1) is 10.2. The number of benzene rings is 1. The van der Waals surface area contributed by atoms with Gasteiger partial charge in [0.2, 0.25) is 0 Å². The number of rotatable bonds is 4. The van der Waals surface area contributed by atoms with E-state index in [1.165, 1.54) is 25.0 Å². The predicted octanol–water partition coefficient (Wildman–Crippen LogP) is 3.05. The molecule has 1 atom stereocenters. The first-order valence-electron chi connectivity index (χ1n) is 6.97. The van der Waals surface area contributed by atoms with Gasteiger partial charge in [0.15, 0.2) is 0 Å². The van der Waals surface area contributed by atoms with Crippen molar-refractivity contribution in [1.29, 1.82) is 0 Å². The van der Waals surface area contributed by atoms with Crippen LogP contribution in [-0.2, 0) is 0 Å². The molecule has 118 valence electrons. The molecule has 0 amide bonds. The van der Waals surface area contributed by atoms with Crippen molar-refractivity contribution >= 4 is 40.9 Å². The Hall–Kier alpha value is -1.44. The summed E-state index contributed by atoms with van der Waals surface area (Å²) in [5.41, 5.74) is 1.31. The van der Waals surface area contributed by atoms with Gasteiger partial charge in [-0.25, -0.2) is 4.98 Å². The molecule has 8 heteroatoms. The third kappa shape index (κ3) is 4.06. The number of fused-ring (bicyclic) bond motifs is 1. The summed E-state index contributed by atoms with van der Waals surface area (Å²) in [7, 11) is 0. The summed E-state index contributed by atoms with van der Waals surface area (Å²) in [6.07, 6.45) is 4.19. The van der Waals surface area contributed by atoms with Crippen molar-refractivity contribution in [2.24, 2.45) is 5.92 Å². The van der Waals surface area contributed by atoms with Gasteiger partial charge in [0.05, 0.1) is 22.2 Å². The summed E-state index contributed by atoms with van der Waals surface area (Å²) in [6, 6.07) is 4.59.